The highest BCUT2D eigenvalue weighted by Crippen LogP contribution is 2.27. The number of hydrogen-bond acceptors (Lipinski definition) is 4. The average Bonchev–Trinajstić information content (AvgIpc) is 2.56. The summed E-state index contributed by atoms with van der Waals surface area (Å²) >= 11 is 0. The molecule has 0 aliphatic carbocycles. The number of ether oxygens (including phenoxy) is 2. The number of pyridine rings is 1. The Morgan fingerprint density at radius 2 is 2.10 bits per heavy atom. The lowest BCUT2D eigenvalue weighted by molar-refractivity contribution is -0.0457. The SMILES string of the molecule is Fc1ccccc1O[C@@H](c1ccccn1)[C@@H]1CNCCO1. The van der Waals surface area contributed by atoms with Crippen molar-refractivity contribution in [2.75, 3.05) is 19.7 Å². The van der Waals surface area contributed by atoms with Crippen LogP contribution in [0.25, 0.3) is 0 Å². The molecule has 2 aromatic rings. The maximum atomic E-state index is 13.8. The van der Waals surface area contributed by atoms with E-state index in [2.05, 4.69) is 10.3 Å². The molecule has 1 fully saturated rings. The van der Waals surface area contributed by atoms with E-state index in [0.717, 1.165) is 12.2 Å². The van der Waals surface area contributed by atoms with E-state index in [-0.39, 0.29) is 17.7 Å². The van der Waals surface area contributed by atoms with Gasteiger partial charge in [-0.25, -0.2) is 4.39 Å². The monoisotopic (exact) mass is 288 g/mol. The quantitative estimate of drug-likeness (QED) is 0.937. The Balaban J connectivity index is 1.87. The second kappa shape index (κ2) is 6.65. The van der Waals surface area contributed by atoms with Crippen LogP contribution in [0.3, 0.4) is 0 Å². The van der Waals surface area contributed by atoms with Crippen LogP contribution in [0.5, 0.6) is 5.75 Å². The second-order valence-corrected chi connectivity index (χ2v) is 4.84. The van der Waals surface area contributed by atoms with Crippen LogP contribution in [0.4, 0.5) is 4.39 Å². The molecule has 2 atom stereocenters. The highest BCUT2D eigenvalue weighted by Gasteiger charge is 2.29. The Hall–Kier alpha value is -1.98. The molecule has 4 nitrogen and oxygen atoms in total. The molecule has 21 heavy (non-hydrogen) atoms. The summed E-state index contributed by atoms with van der Waals surface area (Å²) in [5, 5.41) is 3.26. The van der Waals surface area contributed by atoms with Crippen molar-refractivity contribution in [2.45, 2.75) is 12.2 Å². The number of nitrogens with zero attached hydrogens (tertiary/aromatic N) is 1. The van der Waals surface area contributed by atoms with Gasteiger partial charge in [0.2, 0.25) is 0 Å². The number of para-hydroxylation sites is 1. The Bertz CT molecular complexity index is 573. The van der Waals surface area contributed by atoms with Crippen LogP contribution >= 0.6 is 0 Å². The molecule has 2 heterocycles. The van der Waals surface area contributed by atoms with Gasteiger partial charge in [0.25, 0.3) is 0 Å². The zero-order valence-corrected chi connectivity index (χ0v) is 11.5. The van der Waals surface area contributed by atoms with E-state index in [1.165, 1.54) is 6.07 Å². The normalized spacial score (nSPS) is 20.0. The number of aromatic nitrogens is 1. The standard InChI is InChI=1S/C16H17FN2O2/c17-12-5-1-2-7-14(12)21-16(13-6-3-4-8-19-13)15-11-18-9-10-20-15/h1-8,15-16,18H,9-11H2/t15-,16-/m0/s1. The first-order valence-corrected chi connectivity index (χ1v) is 6.99. The molecule has 0 saturated carbocycles. The van der Waals surface area contributed by atoms with E-state index in [1.54, 1.807) is 24.4 Å². The third kappa shape index (κ3) is 3.37. The molecule has 1 aromatic heterocycles. The van der Waals surface area contributed by atoms with E-state index >= 15 is 0 Å². The molecule has 0 amide bonds. The van der Waals surface area contributed by atoms with Gasteiger partial charge in [0.1, 0.15) is 6.10 Å². The Morgan fingerprint density at radius 3 is 2.81 bits per heavy atom. The molecule has 1 aromatic carbocycles. The molecule has 0 spiro atoms. The summed E-state index contributed by atoms with van der Waals surface area (Å²) < 4.78 is 25.5. The average molecular weight is 288 g/mol. The van der Waals surface area contributed by atoms with Crippen LogP contribution in [-0.4, -0.2) is 30.8 Å². The minimum absolute atomic E-state index is 0.201. The lowest BCUT2D eigenvalue weighted by atomic mass is 10.1. The van der Waals surface area contributed by atoms with Crippen LogP contribution in [0.2, 0.25) is 0 Å². The van der Waals surface area contributed by atoms with Crippen molar-refractivity contribution in [3.05, 3.63) is 60.2 Å². The number of benzene rings is 1. The fourth-order valence-corrected chi connectivity index (χ4v) is 2.33. The Morgan fingerprint density at radius 1 is 1.24 bits per heavy atom. The summed E-state index contributed by atoms with van der Waals surface area (Å²) in [6.07, 6.45) is 1.05. The lowest BCUT2D eigenvalue weighted by Gasteiger charge is -2.31. The van der Waals surface area contributed by atoms with Gasteiger partial charge in [0, 0.05) is 19.3 Å². The number of halogens is 1. The summed E-state index contributed by atoms with van der Waals surface area (Å²) in [6, 6.07) is 12.0. The van der Waals surface area contributed by atoms with Crippen molar-refractivity contribution in [1.82, 2.24) is 10.3 Å². The molecule has 5 heteroatoms. The zero-order valence-electron chi connectivity index (χ0n) is 11.5. The molecule has 3 rings (SSSR count). The van der Waals surface area contributed by atoms with E-state index in [9.17, 15) is 4.39 Å². The predicted molar refractivity (Wildman–Crippen MR) is 76.6 cm³/mol. The van der Waals surface area contributed by atoms with E-state index in [1.807, 2.05) is 18.2 Å². The van der Waals surface area contributed by atoms with E-state index in [4.69, 9.17) is 9.47 Å². The summed E-state index contributed by atoms with van der Waals surface area (Å²) in [4.78, 5) is 4.32. The van der Waals surface area contributed by atoms with Crippen molar-refractivity contribution < 1.29 is 13.9 Å². The summed E-state index contributed by atoms with van der Waals surface area (Å²) in [5.41, 5.74) is 0.731. The van der Waals surface area contributed by atoms with Gasteiger partial charge in [0.05, 0.1) is 12.3 Å². The third-order valence-corrected chi connectivity index (χ3v) is 3.36. The topological polar surface area (TPSA) is 43.4 Å². The van der Waals surface area contributed by atoms with Gasteiger partial charge in [-0.05, 0) is 24.3 Å². The van der Waals surface area contributed by atoms with Gasteiger partial charge >= 0.3 is 0 Å². The molecule has 1 aliphatic rings. The highest BCUT2D eigenvalue weighted by molar-refractivity contribution is 5.25. The van der Waals surface area contributed by atoms with Crippen molar-refractivity contribution >= 4 is 0 Å². The van der Waals surface area contributed by atoms with Crippen LogP contribution in [0.15, 0.2) is 48.7 Å². The molecular weight excluding hydrogens is 271 g/mol. The van der Waals surface area contributed by atoms with Crippen LogP contribution in [-0.2, 0) is 4.74 Å². The first-order chi connectivity index (χ1) is 10.3. The number of hydrogen-bond donors (Lipinski definition) is 1. The molecule has 1 saturated heterocycles. The summed E-state index contributed by atoms with van der Waals surface area (Å²) in [7, 11) is 0. The molecule has 110 valence electrons. The van der Waals surface area contributed by atoms with Crippen molar-refractivity contribution in [3.63, 3.8) is 0 Å². The summed E-state index contributed by atoms with van der Waals surface area (Å²) in [5.74, 6) is -0.176. The zero-order chi connectivity index (χ0) is 14.5. The van der Waals surface area contributed by atoms with Crippen LogP contribution < -0.4 is 10.1 Å². The van der Waals surface area contributed by atoms with Crippen molar-refractivity contribution in [2.24, 2.45) is 0 Å². The largest absolute Gasteiger partial charge is 0.478 e. The fraction of sp³-hybridized carbons (Fsp3) is 0.312. The molecule has 0 unspecified atom stereocenters. The van der Waals surface area contributed by atoms with Crippen LogP contribution in [0, 0.1) is 5.82 Å². The van der Waals surface area contributed by atoms with Gasteiger partial charge in [0.15, 0.2) is 17.7 Å². The highest BCUT2D eigenvalue weighted by atomic mass is 19.1. The van der Waals surface area contributed by atoms with E-state index < -0.39 is 6.10 Å². The minimum atomic E-state index is -0.448. The lowest BCUT2D eigenvalue weighted by Crippen LogP contribution is -2.43. The molecular formula is C16H17FN2O2. The van der Waals surface area contributed by atoms with Crippen molar-refractivity contribution in [3.8, 4) is 5.75 Å². The summed E-state index contributed by atoms with van der Waals surface area (Å²) in [6.45, 7) is 2.06. The van der Waals surface area contributed by atoms with Gasteiger partial charge in [-0.3, -0.25) is 4.98 Å². The van der Waals surface area contributed by atoms with Gasteiger partial charge in [-0.1, -0.05) is 18.2 Å². The third-order valence-electron chi connectivity index (χ3n) is 3.36. The first-order valence-electron chi connectivity index (χ1n) is 6.99. The Kier molecular flexibility index (Phi) is 4.43. The maximum Gasteiger partial charge on any atom is 0.168 e. The smallest absolute Gasteiger partial charge is 0.168 e. The maximum absolute atomic E-state index is 13.8. The molecule has 1 N–H and O–H groups in total. The molecule has 1 aliphatic heterocycles. The number of rotatable bonds is 4. The van der Waals surface area contributed by atoms with Gasteiger partial charge in [-0.15, -0.1) is 0 Å². The molecule has 0 bridgehead atoms. The van der Waals surface area contributed by atoms with Crippen molar-refractivity contribution in [1.29, 1.82) is 0 Å². The van der Waals surface area contributed by atoms with Crippen LogP contribution in [0.1, 0.15) is 11.8 Å². The second-order valence-electron chi connectivity index (χ2n) is 4.84. The Labute approximate surface area is 122 Å². The minimum Gasteiger partial charge on any atom is -0.478 e. The fourth-order valence-electron chi connectivity index (χ4n) is 2.33. The van der Waals surface area contributed by atoms with E-state index in [0.29, 0.717) is 13.2 Å². The number of morpholine rings is 1. The predicted octanol–water partition coefficient (Wildman–Crippen LogP) is 2.33. The molecule has 0 radical (unpaired) electrons. The van der Waals surface area contributed by atoms with Gasteiger partial charge in [-0.2, -0.15) is 0 Å². The van der Waals surface area contributed by atoms with Gasteiger partial charge < -0.3 is 14.8 Å². The first kappa shape index (κ1) is 14.0. The number of nitrogens with one attached hydrogen (secondary N) is 1.